The average Bonchev–Trinajstić information content (AvgIpc) is 2.87. The van der Waals surface area contributed by atoms with E-state index in [9.17, 15) is 10.1 Å². The van der Waals surface area contributed by atoms with Gasteiger partial charge >= 0.3 is 0 Å². The summed E-state index contributed by atoms with van der Waals surface area (Å²) in [6, 6.07) is 17.8. The van der Waals surface area contributed by atoms with Crippen molar-refractivity contribution in [3.8, 4) is 11.5 Å². The number of benzene rings is 3. The van der Waals surface area contributed by atoms with E-state index in [1.807, 2.05) is 12.1 Å². The van der Waals surface area contributed by atoms with Gasteiger partial charge in [0.1, 0.15) is 6.61 Å². The van der Waals surface area contributed by atoms with Crippen LogP contribution in [0.4, 0.5) is 17.1 Å². The molecule has 0 aliphatic carbocycles. The molecule has 0 radical (unpaired) electrons. The molecule has 9 heteroatoms. The first-order valence-corrected chi connectivity index (χ1v) is 11.1. The van der Waals surface area contributed by atoms with Crippen LogP contribution in [0.15, 0.2) is 65.7 Å². The number of halogens is 1. The summed E-state index contributed by atoms with van der Waals surface area (Å²) in [6.45, 7) is 3.37. The lowest BCUT2D eigenvalue weighted by atomic mass is 10.2. The zero-order valence-corrected chi connectivity index (χ0v) is 19.4. The van der Waals surface area contributed by atoms with Gasteiger partial charge in [0, 0.05) is 37.1 Å². The fraction of sp³-hybridized carbons (Fsp3) is 0.240. The minimum atomic E-state index is -0.443. The number of rotatable bonds is 8. The smallest absolute Gasteiger partial charge is 0.269 e. The summed E-state index contributed by atoms with van der Waals surface area (Å²) in [4.78, 5) is 17.4. The lowest BCUT2D eigenvalue weighted by Crippen LogP contribution is -2.36. The number of anilines is 1. The van der Waals surface area contributed by atoms with Crippen LogP contribution in [0.25, 0.3) is 0 Å². The van der Waals surface area contributed by atoms with Crippen molar-refractivity contribution in [1.29, 1.82) is 0 Å². The van der Waals surface area contributed by atoms with E-state index in [1.54, 1.807) is 30.5 Å². The van der Waals surface area contributed by atoms with Gasteiger partial charge in [0.05, 0.1) is 36.0 Å². The van der Waals surface area contributed by atoms with E-state index in [1.165, 1.54) is 19.2 Å². The largest absolute Gasteiger partial charge is 0.493 e. The van der Waals surface area contributed by atoms with Crippen molar-refractivity contribution < 1.29 is 19.1 Å². The van der Waals surface area contributed by atoms with Crippen molar-refractivity contribution in [3.63, 3.8) is 0 Å². The first-order chi connectivity index (χ1) is 16.5. The molecule has 3 aromatic carbocycles. The third kappa shape index (κ3) is 5.84. The topological polar surface area (TPSA) is 86.4 Å². The summed E-state index contributed by atoms with van der Waals surface area (Å²) >= 11 is 6.46. The number of nitro benzene ring substituents is 1. The van der Waals surface area contributed by atoms with E-state index in [2.05, 4.69) is 22.0 Å². The minimum Gasteiger partial charge on any atom is -0.493 e. The Balaban J connectivity index is 1.45. The van der Waals surface area contributed by atoms with Gasteiger partial charge in [-0.05, 0) is 47.5 Å². The van der Waals surface area contributed by atoms with Gasteiger partial charge in [-0.2, -0.15) is 0 Å². The second-order valence-electron chi connectivity index (χ2n) is 7.62. The zero-order valence-electron chi connectivity index (χ0n) is 18.6. The van der Waals surface area contributed by atoms with Gasteiger partial charge in [0.2, 0.25) is 0 Å². The van der Waals surface area contributed by atoms with Gasteiger partial charge in [-0.15, -0.1) is 0 Å². The number of nitrogens with zero attached hydrogens (tertiary/aromatic N) is 3. The van der Waals surface area contributed by atoms with Gasteiger partial charge in [-0.25, -0.2) is 0 Å². The van der Waals surface area contributed by atoms with E-state index >= 15 is 0 Å². The van der Waals surface area contributed by atoms with E-state index in [0.29, 0.717) is 22.1 Å². The number of hydrogen-bond donors (Lipinski definition) is 0. The van der Waals surface area contributed by atoms with Crippen LogP contribution in [0.2, 0.25) is 5.02 Å². The summed E-state index contributed by atoms with van der Waals surface area (Å²) in [5.41, 5.74) is 3.37. The molecule has 1 aliphatic rings. The number of methoxy groups -OCH3 is 1. The molecule has 0 atom stereocenters. The highest BCUT2D eigenvalue weighted by molar-refractivity contribution is 6.32. The third-order valence-electron chi connectivity index (χ3n) is 5.34. The van der Waals surface area contributed by atoms with Gasteiger partial charge < -0.3 is 19.1 Å². The van der Waals surface area contributed by atoms with E-state index in [-0.39, 0.29) is 12.3 Å². The summed E-state index contributed by atoms with van der Waals surface area (Å²) in [5, 5.41) is 11.3. The number of ether oxygens (including phenoxy) is 3. The fourth-order valence-corrected chi connectivity index (χ4v) is 3.86. The van der Waals surface area contributed by atoms with Crippen molar-refractivity contribution in [2.24, 2.45) is 4.99 Å². The second kappa shape index (κ2) is 11.0. The van der Waals surface area contributed by atoms with Crippen LogP contribution in [0, 0.1) is 10.1 Å². The Hall–Kier alpha value is -3.62. The molecule has 0 N–H and O–H groups in total. The normalized spacial score (nSPS) is 13.8. The molecule has 8 nitrogen and oxygen atoms in total. The first-order valence-electron chi connectivity index (χ1n) is 10.7. The number of morpholine rings is 1. The van der Waals surface area contributed by atoms with Crippen molar-refractivity contribution in [1.82, 2.24) is 0 Å². The van der Waals surface area contributed by atoms with Crippen LogP contribution >= 0.6 is 11.6 Å². The van der Waals surface area contributed by atoms with E-state index < -0.39 is 4.92 Å². The minimum absolute atomic E-state index is 0.00343. The van der Waals surface area contributed by atoms with Gasteiger partial charge in [0.15, 0.2) is 11.5 Å². The fourth-order valence-electron chi connectivity index (χ4n) is 3.59. The summed E-state index contributed by atoms with van der Waals surface area (Å²) < 4.78 is 16.7. The summed E-state index contributed by atoms with van der Waals surface area (Å²) in [7, 11) is 1.52. The molecule has 0 amide bonds. The lowest BCUT2D eigenvalue weighted by molar-refractivity contribution is -0.384. The summed E-state index contributed by atoms with van der Waals surface area (Å²) in [5.74, 6) is 0.810. The Kier molecular flexibility index (Phi) is 7.61. The standard InChI is InChI=1S/C25H24ClN3O5/c1-32-24-15-19(16-27-20-5-7-21(8-6-20)28-9-11-33-12-10-28)14-23(26)25(24)34-17-18-3-2-4-22(13-18)29(30)31/h2-8,13-16H,9-12,17H2,1H3. The van der Waals surface area contributed by atoms with Crippen LogP contribution in [0.3, 0.4) is 0 Å². The van der Waals surface area contributed by atoms with Crippen molar-refractivity contribution in [2.45, 2.75) is 6.61 Å². The van der Waals surface area contributed by atoms with Crippen molar-refractivity contribution >= 4 is 34.9 Å². The Morgan fingerprint density at radius 3 is 2.62 bits per heavy atom. The van der Waals surface area contributed by atoms with Gasteiger partial charge in [-0.1, -0.05) is 23.7 Å². The van der Waals surface area contributed by atoms with Crippen LogP contribution < -0.4 is 14.4 Å². The third-order valence-corrected chi connectivity index (χ3v) is 5.63. The van der Waals surface area contributed by atoms with Crippen molar-refractivity contribution in [2.75, 3.05) is 38.3 Å². The predicted octanol–water partition coefficient (Wildman–Crippen LogP) is 5.42. The van der Waals surface area contributed by atoms with Gasteiger partial charge in [0.25, 0.3) is 5.69 Å². The maximum atomic E-state index is 11.0. The summed E-state index contributed by atoms with van der Waals surface area (Å²) in [6.07, 6.45) is 1.71. The molecule has 34 heavy (non-hydrogen) atoms. The molecule has 0 unspecified atom stereocenters. The van der Waals surface area contributed by atoms with Crippen LogP contribution in [0.5, 0.6) is 11.5 Å². The number of aliphatic imine (C=N–C) groups is 1. The maximum Gasteiger partial charge on any atom is 0.269 e. The average molecular weight is 482 g/mol. The SMILES string of the molecule is COc1cc(C=Nc2ccc(N3CCOCC3)cc2)cc(Cl)c1OCc1cccc([N+](=O)[O-])c1. The first kappa shape index (κ1) is 23.5. The molecule has 0 spiro atoms. The Labute approximate surface area is 202 Å². The molecule has 1 heterocycles. The monoisotopic (exact) mass is 481 g/mol. The highest BCUT2D eigenvalue weighted by Gasteiger charge is 2.14. The highest BCUT2D eigenvalue weighted by Crippen LogP contribution is 2.37. The van der Waals surface area contributed by atoms with Crippen LogP contribution in [-0.4, -0.2) is 44.6 Å². The Morgan fingerprint density at radius 2 is 1.91 bits per heavy atom. The molecular formula is C25H24ClN3O5. The highest BCUT2D eigenvalue weighted by atomic mass is 35.5. The van der Waals surface area contributed by atoms with E-state index in [4.69, 9.17) is 25.8 Å². The molecule has 1 saturated heterocycles. The lowest BCUT2D eigenvalue weighted by Gasteiger charge is -2.28. The number of non-ortho nitro benzene ring substituents is 1. The van der Waals surface area contributed by atoms with E-state index in [0.717, 1.165) is 43.2 Å². The van der Waals surface area contributed by atoms with Gasteiger partial charge in [-0.3, -0.25) is 15.1 Å². The number of nitro groups is 1. The zero-order chi connectivity index (χ0) is 23.9. The molecule has 0 saturated carbocycles. The Morgan fingerprint density at radius 1 is 1.15 bits per heavy atom. The molecule has 1 aliphatic heterocycles. The van der Waals surface area contributed by atoms with Crippen molar-refractivity contribution in [3.05, 3.63) is 86.9 Å². The number of hydrogen-bond acceptors (Lipinski definition) is 7. The molecule has 176 valence electrons. The molecular weight excluding hydrogens is 458 g/mol. The van der Waals surface area contributed by atoms with Crippen LogP contribution in [0.1, 0.15) is 11.1 Å². The molecule has 4 rings (SSSR count). The quantitative estimate of drug-likeness (QED) is 0.242. The predicted molar refractivity (Wildman–Crippen MR) is 132 cm³/mol. The van der Waals surface area contributed by atoms with Crippen LogP contribution in [-0.2, 0) is 11.3 Å². The molecule has 0 bridgehead atoms. The molecule has 0 aromatic heterocycles. The molecule has 1 fully saturated rings. The maximum absolute atomic E-state index is 11.0. The second-order valence-corrected chi connectivity index (χ2v) is 8.03. The Bertz CT molecular complexity index is 1180. The molecule has 3 aromatic rings.